The molecule has 1 aromatic carbocycles. The average molecular weight is 242 g/mol. The lowest BCUT2D eigenvalue weighted by atomic mass is 10.3. The van der Waals surface area contributed by atoms with Gasteiger partial charge in [-0.25, -0.2) is 4.52 Å². The number of hydrogen-bond acceptors (Lipinski definition) is 5. The molecule has 7 nitrogen and oxygen atoms in total. The van der Waals surface area contributed by atoms with E-state index in [1.54, 1.807) is 0 Å². The molecule has 0 aliphatic rings. The van der Waals surface area contributed by atoms with E-state index in [2.05, 4.69) is 20.3 Å². The molecule has 0 fully saturated rings. The Morgan fingerprint density at radius 2 is 2.00 bits per heavy atom. The molecule has 0 amide bonds. The molecule has 0 radical (unpaired) electrons. The van der Waals surface area contributed by atoms with Gasteiger partial charge in [-0.2, -0.15) is 10.1 Å². The summed E-state index contributed by atoms with van der Waals surface area (Å²) in [7, 11) is 0. The molecule has 0 aliphatic heterocycles. The second-order valence-corrected chi connectivity index (χ2v) is 3.70. The van der Waals surface area contributed by atoms with E-state index in [1.807, 2.05) is 30.3 Å². The van der Waals surface area contributed by atoms with E-state index in [0.717, 1.165) is 0 Å². The monoisotopic (exact) mass is 242 g/mol. The van der Waals surface area contributed by atoms with Crippen molar-refractivity contribution in [2.45, 2.75) is 0 Å². The maximum atomic E-state index is 9.28. The van der Waals surface area contributed by atoms with Crippen molar-refractivity contribution in [2.75, 3.05) is 5.73 Å². The lowest BCUT2D eigenvalue weighted by Gasteiger charge is -1.90. The van der Waals surface area contributed by atoms with Crippen molar-refractivity contribution >= 4 is 22.8 Å². The van der Waals surface area contributed by atoms with Crippen LogP contribution < -0.4 is 5.73 Å². The number of fused-ring (bicyclic) bond motifs is 1. The Morgan fingerprint density at radius 1 is 1.22 bits per heavy atom. The Morgan fingerprint density at radius 3 is 2.78 bits per heavy atom. The minimum Gasteiger partial charge on any atom is -0.492 e. The highest BCUT2D eigenvalue weighted by molar-refractivity contribution is 5.75. The summed E-state index contributed by atoms with van der Waals surface area (Å²) in [4.78, 5) is 3.90. The number of nitrogens with zero attached hydrogens (tertiary/aromatic N) is 4. The first-order chi connectivity index (χ1) is 8.74. The quantitative estimate of drug-likeness (QED) is 0.601. The third-order valence-corrected chi connectivity index (χ3v) is 2.42. The minimum atomic E-state index is -0.0996. The molecule has 18 heavy (non-hydrogen) atoms. The first-order valence-corrected chi connectivity index (χ1v) is 5.26. The molecule has 0 spiro atoms. The number of aromatic hydroxyl groups is 1. The van der Waals surface area contributed by atoms with Crippen molar-refractivity contribution in [3.8, 4) is 5.88 Å². The van der Waals surface area contributed by atoms with Gasteiger partial charge in [0.15, 0.2) is 11.3 Å². The van der Waals surface area contributed by atoms with Crippen LogP contribution in [0.3, 0.4) is 0 Å². The first-order valence-electron chi connectivity index (χ1n) is 5.26. The van der Waals surface area contributed by atoms with Gasteiger partial charge in [0.2, 0.25) is 5.88 Å². The van der Waals surface area contributed by atoms with E-state index >= 15 is 0 Å². The molecular weight excluding hydrogens is 232 g/mol. The Kier molecular flexibility index (Phi) is 2.23. The van der Waals surface area contributed by atoms with Gasteiger partial charge in [-0.3, -0.25) is 5.10 Å². The van der Waals surface area contributed by atoms with E-state index in [1.165, 1.54) is 10.7 Å². The highest BCUT2D eigenvalue weighted by Crippen LogP contribution is 2.29. The normalized spacial score (nSPS) is 11.6. The number of nitrogens with one attached hydrogen (secondary N) is 1. The van der Waals surface area contributed by atoms with E-state index in [-0.39, 0.29) is 5.88 Å². The molecule has 0 saturated heterocycles. The fourth-order valence-electron chi connectivity index (χ4n) is 1.62. The van der Waals surface area contributed by atoms with Crippen LogP contribution in [0, 0.1) is 0 Å². The summed E-state index contributed by atoms with van der Waals surface area (Å²) >= 11 is 0. The van der Waals surface area contributed by atoms with Gasteiger partial charge in [-0.15, -0.1) is 5.11 Å². The highest BCUT2D eigenvalue weighted by Gasteiger charge is 2.12. The van der Waals surface area contributed by atoms with Gasteiger partial charge in [0.05, 0.1) is 11.9 Å². The molecule has 4 N–H and O–H groups in total. The highest BCUT2D eigenvalue weighted by atomic mass is 16.3. The molecule has 0 aliphatic carbocycles. The number of H-pyrrole nitrogens is 1. The number of imidazole rings is 1. The van der Waals surface area contributed by atoms with Crippen LogP contribution in [0.25, 0.3) is 5.65 Å². The van der Waals surface area contributed by atoms with E-state index in [0.29, 0.717) is 22.8 Å². The Balaban J connectivity index is 2.04. The summed E-state index contributed by atoms with van der Waals surface area (Å²) in [5.74, 6) is 0.245. The van der Waals surface area contributed by atoms with Crippen LogP contribution in [-0.4, -0.2) is 19.7 Å². The predicted molar refractivity (Wildman–Crippen MR) is 66.2 cm³/mol. The van der Waals surface area contributed by atoms with Crippen molar-refractivity contribution in [1.82, 2.24) is 14.6 Å². The predicted octanol–water partition coefficient (Wildman–Crippen LogP) is 2.37. The maximum absolute atomic E-state index is 9.28. The van der Waals surface area contributed by atoms with Gasteiger partial charge in [0.25, 0.3) is 0 Å². The van der Waals surface area contributed by atoms with E-state index in [4.69, 9.17) is 5.73 Å². The number of nitrogens with two attached hydrogens (primary N) is 1. The van der Waals surface area contributed by atoms with Crippen molar-refractivity contribution in [3.63, 3.8) is 0 Å². The van der Waals surface area contributed by atoms with Crippen molar-refractivity contribution in [3.05, 3.63) is 36.5 Å². The van der Waals surface area contributed by atoms with Gasteiger partial charge >= 0.3 is 0 Å². The standard InChI is InChI=1S/C11H10N6O/c12-10-9(11-13-8(18)6-17(11)16-10)15-14-7-4-2-1-3-5-7/h1-6,16,18H,12H2. The second-order valence-electron chi connectivity index (χ2n) is 3.70. The molecule has 3 rings (SSSR count). The Hall–Kier alpha value is -2.83. The molecule has 0 unspecified atom stereocenters. The first kappa shape index (κ1) is 10.3. The fourth-order valence-corrected chi connectivity index (χ4v) is 1.62. The van der Waals surface area contributed by atoms with Crippen molar-refractivity contribution in [2.24, 2.45) is 10.2 Å². The minimum absolute atomic E-state index is 0.0996. The number of aromatic nitrogens is 3. The summed E-state index contributed by atoms with van der Waals surface area (Å²) in [5, 5.41) is 20.2. The number of benzene rings is 1. The average Bonchev–Trinajstić information content (AvgIpc) is 2.84. The van der Waals surface area contributed by atoms with Gasteiger partial charge in [0, 0.05) is 0 Å². The maximum Gasteiger partial charge on any atom is 0.231 e. The van der Waals surface area contributed by atoms with Crippen LogP contribution >= 0.6 is 0 Å². The molecule has 2 heterocycles. The summed E-state index contributed by atoms with van der Waals surface area (Å²) in [6.07, 6.45) is 1.41. The van der Waals surface area contributed by atoms with Crippen LogP contribution in [0.15, 0.2) is 46.8 Å². The van der Waals surface area contributed by atoms with Crippen LogP contribution in [0.5, 0.6) is 5.88 Å². The third kappa shape index (κ3) is 1.67. The van der Waals surface area contributed by atoms with E-state index < -0.39 is 0 Å². The smallest absolute Gasteiger partial charge is 0.231 e. The van der Waals surface area contributed by atoms with Crippen LogP contribution in [0.1, 0.15) is 0 Å². The molecular formula is C11H10N6O. The zero-order valence-electron chi connectivity index (χ0n) is 9.28. The SMILES string of the molecule is Nc1[nH]n2cc(O)nc2c1N=Nc1ccccc1. The molecule has 0 saturated carbocycles. The summed E-state index contributed by atoms with van der Waals surface area (Å²) in [5.41, 5.74) is 7.31. The van der Waals surface area contributed by atoms with Crippen LogP contribution in [-0.2, 0) is 0 Å². The van der Waals surface area contributed by atoms with Crippen molar-refractivity contribution < 1.29 is 5.11 Å². The number of rotatable bonds is 2. The lowest BCUT2D eigenvalue weighted by molar-refractivity contribution is 0.456. The van der Waals surface area contributed by atoms with Crippen LogP contribution in [0.4, 0.5) is 17.2 Å². The Bertz CT molecular complexity index is 712. The van der Waals surface area contributed by atoms with Gasteiger partial charge in [0.1, 0.15) is 5.82 Å². The van der Waals surface area contributed by atoms with Gasteiger partial charge < -0.3 is 10.8 Å². The molecule has 7 heteroatoms. The Labute approximate surface area is 102 Å². The zero-order chi connectivity index (χ0) is 12.5. The molecule has 0 bridgehead atoms. The molecule has 2 aromatic heterocycles. The second kappa shape index (κ2) is 3.88. The van der Waals surface area contributed by atoms with Crippen molar-refractivity contribution in [1.29, 1.82) is 0 Å². The third-order valence-electron chi connectivity index (χ3n) is 2.42. The molecule has 0 atom stereocenters. The largest absolute Gasteiger partial charge is 0.492 e. The molecule has 3 aromatic rings. The summed E-state index contributed by atoms with van der Waals surface area (Å²) in [6, 6.07) is 9.28. The van der Waals surface area contributed by atoms with Crippen LogP contribution in [0.2, 0.25) is 0 Å². The number of anilines is 1. The zero-order valence-corrected chi connectivity index (χ0v) is 9.28. The number of hydrogen-bond donors (Lipinski definition) is 3. The summed E-state index contributed by atoms with van der Waals surface area (Å²) < 4.78 is 1.49. The van der Waals surface area contributed by atoms with Gasteiger partial charge in [-0.1, -0.05) is 18.2 Å². The summed E-state index contributed by atoms with van der Waals surface area (Å²) in [6.45, 7) is 0. The number of nitrogen functional groups attached to an aromatic ring is 1. The number of aromatic amines is 1. The number of azo groups is 1. The lowest BCUT2D eigenvalue weighted by Crippen LogP contribution is -1.86. The fraction of sp³-hybridized carbons (Fsp3) is 0. The molecule has 90 valence electrons. The van der Waals surface area contributed by atoms with E-state index in [9.17, 15) is 5.11 Å². The topological polar surface area (TPSA) is 104 Å². The van der Waals surface area contributed by atoms with Gasteiger partial charge in [-0.05, 0) is 12.1 Å².